The Hall–Kier alpha value is -1.84. The van der Waals surface area contributed by atoms with Gasteiger partial charge in [-0.2, -0.15) is 0 Å². The lowest BCUT2D eigenvalue weighted by molar-refractivity contribution is -0.00263. The number of amides is 1. The van der Waals surface area contributed by atoms with Crippen molar-refractivity contribution in [2.24, 2.45) is 0 Å². The molecule has 0 radical (unpaired) electrons. The predicted octanol–water partition coefficient (Wildman–Crippen LogP) is 5.65. The van der Waals surface area contributed by atoms with Crippen LogP contribution in [0.15, 0.2) is 48.7 Å². The number of carbonyl (C=O) groups excluding carboxylic acids is 1. The lowest BCUT2D eigenvalue weighted by Crippen LogP contribution is -2.56. The number of halogens is 2. The van der Waals surface area contributed by atoms with Crippen molar-refractivity contribution in [2.75, 3.05) is 17.5 Å². The van der Waals surface area contributed by atoms with Gasteiger partial charge in [0.2, 0.25) is 0 Å². The number of carbonyl (C=O) groups is 1. The van der Waals surface area contributed by atoms with E-state index in [1.54, 1.807) is 0 Å². The molecule has 2 saturated heterocycles. The number of ether oxygens (including phenoxy) is 1. The lowest BCUT2D eigenvalue weighted by atomic mass is 10.1. The van der Waals surface area contributed by atoms with Crippen LogP contribution in [0, 0.1) is 0 Å². The van der Waals surface area contributed by atoms with Gasteiger partial charge < -0.3 is 9.14 Å². The first-order valence-electron chi connectivity index (χ1n) is 11.4. The molecule has 0 N–H and O–H groups in total. The second-order valence-electron chi connectivity index (χ2n) is 9.59. The van der Waals surface area contributed by atoms with Crippen LogP contribution in [0.3, 0.4) is 0 Å². The molecular weight excluding hydrogens is 551 g/mol. The van der Waals surface area contributed by atoms with Gasteiger partial charge in [0, 0.05) is 52.9 Å². The first kappa shape index (κ1) is 22.9. The zero-order valence-electron chi connectivity index (χ0n) is 18.9. The maximum atomic E-state index is 13.0. The minimum absolute atomic E-state index is 0.166. The Labute approximate surface area is 213 Å². The Balaban J connectivity index is 1.39. The van der Waals surface area contributed by atoms with Crippen molar-refractivity contribution in [3.05, 3.63) is 59.4 Å². The van der Waals surface area contributed by atoms with Gasteiger partial charge >= 0.3 is 6.09 Å². The highest BCUT2D eigenvalue weighted by molar-refractivity contribution is 14.1. The van der Waals surface area contributed by atoms with Crippen molar-refractivity contribution in [3.8, 4) is 11.3 Å². The average molecular weight is 579 g/mol. The first-order valence-corrected chi connectivity index (χ1v) is 13.3. The number of hydrogen-bond donors (Lipinski definition) is 0. The number of nitrogens with zero attached hydrogens (tertiary/aromatic N) is 4. The van der Waals surface area contributed by atoms with Crippen LogP contribution >= 0.6 is 34.2 Å². The largest absolute Gasteiger partial charge is 0.443 e. The van der Waals surface area contributed by atoms with Gasteiger partial charge in [0.05, 0.1) is 11.4 Å². The summed E-state index contributed by atoms with van der Waals surface area (Å²) in [6.07, 6.45) is 3.96. The number of alkyl halides is 1. The van der Waals surface area contributed by atoms with Gasteiger partial charge in [-0.15, -0.1) is 0 Å². The van der Waals surface area contributed by atoms with E-state index >= 15 is 0 Å². The number of fused-ring (bicyclic) bond motifs is 3. The summed E-state index contributed by atoms with van der Waals surface area (Å²) in [7, 11) is 0. The third-order valence-electron chi connectivity index (χ3n) is 6.57. The number of aromatic nitrogens is 2. The molecular formula is C25H28ClIN4O2. The zero-order chi connectivity index (χ0) is 23.2. The average Bonchev–Trinajstić information content (AvgIpc) is 3.29. The predicted molar refractivity (Wildman–Crippen MR) is 139 cm³/mol. The third kappa shape index (κ3) is 4.59. The summed E-state index contributed by atoms with van der Waals surface area (Å²) >= 11 is 8.40. The molecule has 2 aliphatic heterocycles. The van der Waals surface area contributed by atoms with Crippen LogP contribution < -0.4 is 0 Å². The maximum Gasteiger partial charge on any atom is 0.410 e. The van der Waals surface area contributed by atoms with Crippen LogP contribution in [0.2, 0.25) is 5.02 Å². The Morgan fingerprint density at radius 3 is 2.52 bits per heavy atom. The second-order valence-corrected chi connectivity index (χ2v) is 10.8. The maximum absolute atomic E-state index is 13.0. The fraction of sp³-hybridized carbons (Fsp3) is 0.440. The van der Waals surface area contributed by atoms with Gasteiger partial charge in [-0.25, -0.2) is 9.78 Å². The summed E-state index contributed by atoms with van der Waals surface area (Å²) in [6, 6.07) is 14.4. The van der Waals surface area contributed by atoms with Gasteiger partial charge in [0.1, 0.15) is 11.2 Å². The normalized spacial score (nSPS) is 21.0. The molecule has 33 heavy (non-hydrogen) atoms. The number of likely N-dealkylation sites (tertiary alicyclic amines) is 1. The SMILES string of the molecule is CC(C)(CI)OC(=O)N1C2CCC1CN(Cc1c(-c3ccc(Cl)cc3)nc3ccccn13)C2. The quantitative estimate of drug-likeness (QED) is 0.290. The van der Waals surface area contributed by atoms with Crippen LogP contribution in [-0.4, -0.2) is 60.5 Å². The van der Waals surface area contributed by atoms with Gasteiger partial charge in [0.25, 0.3) is 0 Å². The molecule has 2 bridgehead atoms. The molecule has 2 atom stereocenters. The van der Waals surface area contributed by atoms with Gasteiger partial charge in [-0.3, -0.25) is 9.80 Å². The van der Waals surface area contributed by atoms with E-state index in [1.165, 1.54) is 0 Å². The highest BCUT2D eigenvalue weighted by Gasteiger charge is 2.44. The highest BCUT2D eigenvalue weighted by atomic mass is 127. The molecule has 5 rings (SSSR count). The Kier molecular flexibility index (Phi) is 6.30. The molecule has 0 aliphatic carbocycles. The van der Waals surface area contributed by atoms with Crippen molar-refractivity contribution in [3.63, 3.8) is 0 Å². The minimum Gasteiger partial charge on any atom is -0.443 e. The summed E-state index contributed by atoms with van der Waals surface area (Å²) in [5.74, 6) is 0. The molecule has 1 aromatic carbocycles. The molecule has 0 spiro atoms. The number of rotatable bonds is 5. The van der Waals surface area contributed by atoms with E-state index in [0.29, 0.717) is 0 Å². The molecule has 174 valence electrons. The number of hydrogen-bond acceptors (Lipinski definition) is 4. The number of imidazole rings is 1. The Bertz CT molecular complexity index is 1150. The number of piperazine rings is 1. The monoisotopic (exact) mass is 578 g/mol. The molecule has 2 unspecified atom stereocenters. The van der Waals surface area contributed by atoms with E-state index in [9.17, 15) is 4.79 Å². The van der Waals surface area contributed by atoms with E-state index < -0.39 is 5.60 Å². The third-order valence-corrected chi connectivity index (χ3v) is 8.66. The van der Waals surface area contributed by atoms with Crippen LogP contribution in [0.1, 0.15) is 32.4 Å². The molecule has 1 amide bonds. The van der Waals surface area contributed by atoms with E-state index in [4.69, 9.17) is 21.3 Å². The van der Waals surface area contributed by atoms with E-state index in [0.717, 1.165) is 64.5 Å². The molecule has 4 heterocycles. The number of pyridine rings is 1. The first-order chi connectivity index (χ1) is 15.8. The van der Waals surface area contributed by atoms with Gasteiger partial charge in [0.15, 0.2) is 0 Å². The van der Waals surface area contributed by atoms with Crippen molar-refractivity contribution < 1.29 is 9.53 Å². The molecule has 3 aromatic rings. The summed E-state index contributed by atoms with van der Waals surface area (Å²) in [5, 5.41) is 0.717. The van der Waals surface area contributed by atoms with Crippen molar-refractivity contribution in [1.29, 1.82) is 0 Å². The van der Waals surface area contributed by atoms with Crippen LogP contribution in [0.25, 0.3) is 16.9 Å². The fourth-order valence-electron chi connectivity index (χ4n) is 4.98. The summed E-state index contributed by atoms with van der Waals surface area (Å²) in [6.45, 7) is 6.40. The fourth-order valence-corrected chi connectivity index (χ4v) is 5.26. The Morgan fingerprint density at radius 1 is 1.15 bits per heavy atom. The van der Waals surface area contributed by atoms with Crippen molar-refractivity contribution in [2.45, 2.75) is 50.9 Å². The zero-order valence-corrected chi connectivity index (χ0v) is 21.8. The summed E-state index contributed by atoms with van der Waals surface area (Å²) in [4.78, 5) is 22.4. The second kappa shape index (κ2) is 9.07. The Morgan fingerprint density at radius 2 is 1.85 bits per heavy atom. The minimum atomic E-state index is -0.446. The molecule has 2 aromatic heterocycles. The van der Waals surface area contributed by atoms with Crippen LogP contribution in [0.4, 0.5) is 4.79 Å². The molecule has 0 saturated carbocycles. The molecule has 2 aliphatic rings. The van der Waals surface area contributed by atoms with E-state index in [2.05, 4.69) is 38.1 Å². The van der Waals surface area contributed by atoms with E-state index in [1.807, 2.05) is 61.2 Å². The summed E-state index contributed by atoms with van der Waals surface area (Å²) in [5.41, 5.74) is 3.69. The topological polar surface area (TPSA) is 50.1 Å². The van der Waals surface area contributed by atoms with Crippen LogP contribution in [-0.2, 0) is 11.3 Å². The number of benzene rings is 1. The van der Waals surface area contributed by atoms with Crippen LogP contribution in [0.5, 0.6) is 0 Å². The standard InChI is InChI=1S/C25H28ClIN4O2/c1-25(2,16-27)33-24(32)31-19-10-11-20(31)14-29(13-19)15-21-23(17-6-8-18(26)9-7-17)28-22-5-3-4-12-30(21)22/h3-9,12,19-20H,10-11,13-16H2,1-2H3. The van der Waals surface area contributed by atoms with Gasteiger partial charge in [-0.1, -0.05) is 52.4 Å². The van der Waals surface area contributed by atoms with Crippen molar-refractivity contribution in [1.82, 2.24) is 19.2 Å². The lowest BCUT2D eigenvalue weighted by Gasteiger charge is -2.41. The van der Waals surface area contributed by atoms with E-state index in [-0.39, 0.29) is 18.2 Å². The molecule has 8 heteroatoms. The van der Waals surface area contributed by atoms with Crippen molar-refractivity contribution >= 4 is 45.9 Å². The van der Waals surface area contributed by atoms with Gasteiger partial charge in [-0.05, 0) is 51.0 Å². The molecule has 6 nitrogen and oxygen atoms in total. The smallest absolute Gasteiger partial charge is 0.410 e. The highest BCUT2D eigenvalue weighted by Crippen LogP contribution is 2.34. The molecule has 2 fully saturated rings. The summed E-state index contributed by atoms with van der Waals surface area (Å²) < 4.78 is 8.78.